The van der Waals surface area contributed by atoms with Gasteiger partial charge >= 0.3 is 0 Å². The molecule has 1 aromatic heterocycles. The summed E-state index contributed by atoms with van der Waals surface area (Å²) in [6.07, 6.45) is 0. The highest BCUT2D eigenvalue weighted by molar-refractivity contribution is 7.00. The maximum absolute atomic E-state index is 2.58. The molecule has 11 rings (SSSR count). The zero-order chi connectivity index (χ0) is 29.9. The van der Waals surface area contributed by atoms with Gasteiger partial charge in [0, 0.05) is 45.0 Å². The summed E-state index contributed by atoms with van der Waals surface area (Å²) < 4.78 is 2.58. The summed E-state index contributed by atoms with van der Waals surface area (Å²) in [6, 6.07) is 58.6. The summed E-state index contributed by atoms with van der Waals surface area (Å²) in [7, 11) is 0. The van der Waals surface area contributed by atoms with Gasteiger partial charge in [0.1, 0.15) is 0 Å². The molecule has 8 aromatic rings. The van der Waals surface area contributed by atoms with E-state index in [2.05, 4.69) is 167 Å². The molecule has 46 heavy (non-hydrogen) atoms. The Morgan fingerprint density at radius 1 is 0.500 bits per heavy atom. The number of rotatable bonds is 2. The molecule has 0 spiro atoms. The van der Waals surface area contributed by atoms with E-state index in [9.17, 15) is 0 Å². The van der Waals surface area contributed by atoms with Crippen LogP contribution in [0.4, 0.5) is 17.1 Å². The Kier molecular flexibility index (Phi) is 4.74. The Morgan fingerprint density at radius 2 is 1.20 bits per heavy atom. The Bertz CT molecular complexity index is 2550. The van der Waals surface area contributed by atoms with Crippen molar-refractivity contribution >= 4 is 62.0 Å². The first-order valence-corrected chi connectivity index (χ1v) is 16.2. The number of para-hydroxylation sites is 3. The monoisotopic (exact) mass is 582 g/mol. The molecule has 0 amide bonds. The lowest BCUT2D eigenvalue weighted by Gasteiger charge is -2.40. The lowest BCUT2D eigenvalue weighted by Crippen LogP contribution is -2.60. The van der Waals surface area contributed by atoms with Crippen LogP contribution in [0.15, 0.2) is 158 Å². The molecule has 1 aliphatic carbocycles. The average molecular weight is 583 g/mol. The minimum Gasteiger partial charge on any atom is -0.311 e. The fraction of sp³-hybridized carbons (Fsp3) is 0.0233. The van der Waals surface area contributed by atoms with Gasteiger partial charge < -0.3 is 9.47 Å². The quantitative estimate of drug-likeness (QED) is 0.186. The van der Waals surface area contributed by atoms with Gasteiger partial charge in [-0.15, -0.1) is 0 Å². The molecule has 3 heterocycles. The van der Waals surface area contributed by atoms with E-state index in [0.29, 0.717) is 0 Å². The van der Waals surface area contributed by atoms with E-state index in [0.717, 1.165) is 0 Å². The van der Waals surface area contributed by atoms with Crippen LogP contribution < -0.4 is 21.3 Å². The first-order chi connectivity index (χ1) is 22.9. The van der Waals surface area contributed by atoms with Crippen LogP contribution in [0.2, 0.25) is 0 Å². The molecule has 3 heteroatoms. The Hall–Kier alpha value is -5.80. The summed E-state index contributed by atoms with van der Waals surface area (Å²) in [6.45, 7) is 0.151. The highest BCUT2D eigenvalue weighted by Gasteiger charge is 2.42. The number of benzene rings is 7. The highest BCUT2D eigenvalue weighted by atomic mass is 15.2. The fourth-order valence-electron chi connectivity index (χ4n) is 9.00. The minimum absolute atomic E-state index is 0.151. The van der Waals surface area contributed by atoms with Crippen molar-refractivity contribution in [2.75, 3.05) is 4.90 Å². The lowest BCUT2D eigenvalue weighted by atomic mass is 9.34. The smallest absolute Gasteiger partial charge is 0.252 e. The van der Waals surface area contributed by atoms with E-state index < -0.39 is 0 Å². The third kappa shape index (κ3) is 2.98. The largest absolute Gasteiger partial charge is 0.311 e. The molecule has 0 saturated carbocycles. The van der Waals surface area contributed by atoms with Gasteiger partial charge in [0.15, 0.2) is 0 Å². The molecule has 0 saturated heterocycles. The summed E-state index contributed by atoms with van der Waals surface area (Å²) in [4.78, 5) is 2.46. The third-order valence-corrected chi connectivity index (χ3v) is 10.7. The SMILES string of the molecule is c1ccc(C2c3ccccc3-c3ccc4c(c32)c2cccc3c2n4-c2cccc4c2B3c2ccccc2N4c2ccccc2)cc1. The molecule has 1 unspecified atom stereocenters. The predicted octanol–water partition coefficient (Wildman–Crippen LogP) is 8.56. The molecule has 3 aliphatic rings. The molecule has 0 bridgehead atoms. The average Bonchev–Trinajstić information content (AvgIpc) is 3.64. The lowest BCUT2D eigenvalue weighted by molar-refractivity contribution is 1.03. The van der Waals surface area contributed by atoms with Crippen LogP contribution in [-0.2, 0) is 0 Å². The van der Waals surface area contributed by atoms with Crippen molar-refractivity contribution in [2.45, 2.75) is 5.92 Å². The summed E-state index contributed by atoms with van der Waals surface area (Å²) >= 11 is 0. The molecular formula is C43H27BN2. The van der Waals surface area contributed by atoms with E-state index in [1.54, 1.807) is 0 Å². The van der Waals surface area contributed by atoms with Crippen molar-refractivity contribution in [3.63, 3.8) is 0 Å². The molecule has 2 nitrogen and oxygen atoms in total. The van der Waals surface area contributed by atoms with Gasteiger partial charge in [-0.2, -0.15) is 0 Å². The molecule has 0 N–H and O–H groups in total. The topological polar surface area (TPSA) is 8.17 Å². The number of hydrogen-bond donors (Lipinski definition) is 0. The normalized spacial score (nSPS) is 15.1. The van der Waals surface area contributed by atoms with Crippen molar-refractivity contribution in [3.8, 4) is 16.8 Å². The van der Waals surface area contributed by atoms with E-state index in [-0.39, 0.29) is 12.6 Å². The van der Waals surface area contributed by atoms with Crippen LogP contribution >= 0.6 is 0 Å². The van der Waals surface area contributed by atoms with Gasteiger partial charge in [0.05, 0.1) is 5.52 Å². The zero-order valence-electron chi connectivity index (χ0n) is 25.1. The number of anilines is 3. The standard InChI is InChI=1S/C43H27BN2/c1-3-13-27(14-4-1)39-30-18-8-7-17-29(30)31-25-26-36-40(41(31)39)32-19-11-21-34-43(32)46(36)38-24-12-23-37-42(38)44(34)33-20-9-10-22-35(33)45(37)28-15-5-2-6-16-28/h1-26,39H. The Morgan fingerprint density at radius 3 is 2.09 bits per heavy atom. The highest BCUT2D eigenvalue weighted by Crippen LogP contribution is 2.53. The Balaban J connectivity index is 1.28. The van der Waals surface area contributed by atoms with Crippen LogP contribution in [-0.4, -0.2) is 11.3 Å². The zero-order valence-corrected chi connectivity index (χ0v) is 25.1. The van der Waals surface area contributed by atoms with Crippen LogP contribution in [0.5, 0.6) is 0 Å². The molecule has 1 atom stereocenters. The fourth-order valence-corrected chi connectivity index (χ4v) is 9.00. The van der Waals surface area contributed by atoms with E-state index >= 15 is 0 Å². The number of nitrogens with zero attached hydrogens (tertiary/aromatic N) is 2. The number of aromatic nitrogens is 1. The van der Waals surface area contributed by atoms with Crippen molar-refractivity contribution in [1.82, 2.24) is 4.57 Å². The number of hydrogen-bond acceptors (Lipinski definition) is 1. The van der Waals surface area contributed by atoms with E-state index in [4.69, 9.17) is 0 Å². The van der Waals surface area contributed by atoms with Gasteiger partial charge in [-0.25, -0.2) is 0 Å². The van der Waals surface area contributed by atoms with Crippen LogP contribution in [0.25, 0.3) is 38.6 Å². The van der Waals surface area contributed by atoms with Crippen molar-refractivity contribution in [1.29, 1.82) is 0 Å². The second-order valence-electron chi connectivity index (χ2n) is 12.8. The molecule has 2 aliphatic heterocycles. The summed E-state index contributed by atoms with van der Waals surface area (Å²) in [5, 5.41) is 2.72. The maximum atomic E-state index is 2.58. The predicted molar refractivity (Wildman–Crippen MR) is 193 cm³/mol. The van der Waals surface area contributed by atoms with Gasteiger partial charge in [-0.05, 0) is 80.6 Å². The van der Waals surface area contributed by atoms with Crippen molar-refractivity contribution in [2.24, 2.45) is 0 Å². The van der Waals surface area contributed by atoms with Crippen LogP contribution in [0, 0.1) is 0 Å². The van der Waals surface area contributed by atoms with Crippen molar-refractivity contribution in [3.05, 3.63) is 174 Å². The second-order valence-corrected chi connectivity index (χ2v) is 12.8. The first-order valence-electron chi connectivity index (χ1n) is 16.2. The second kappa shape index (κ2) is 8.90. The molecule has 212 valence electrons. The van der Waals surface area contributed by atoms with Gasteiger partial charge in [0.25, 0.3) is 6.71 Å². The van der Waals surface area contributed by atoms with Gasteiger partial charge in [-0.3, -0.25) is 0 Å². The van der Waals surface area contributed by atoms with Crippen LogP contribution in [0.1, 0.15) is 22.6 Å². The van der Waals surface area contributed by atoms with Gasteiger partial charge in [-0.1, -0.05) is 121 Å². The summed E-state index contributed by atoms with van der Waals surface area (Å²) in [5.74, 6) is 0.186. The Labute approximate surface area is 267 Å². The maximum Gasteiger partial charge on any atom is 0.252 e. The van der Waals surface area contributed by atoms with Crippen molar-refractivity contribution < 1.29 is 0 Å². The number of fused-ring (bicyclic) bond motifs is 11. The molecule has 7 aromatic carbocycles. The third-order valence-electron chi connectivity index (χ3n) is 10.7. The van der Waals surface area contributed by atoms with Crippen LogP contribution in [0.3, 0.4) is 0 Å². The first kappa shape index (κ1) is 24.5. The van der Waals surface area contributed by atoms with E-state index in [1.165, 1.54) is 88.8 Å². The molecule has 0 radical (unpaired) electrons. The van der Waals surface area contributed by atoms with E-state index in [1.807, 2.05) is 0 Å². The van der Waals surface area contributed by atoms with Gasteiger partial charge in [0.2, 0.25) is 0 Å². The molecular weight excluding hydrogens is 555 g/mol. The molecule has 0 fully saturated rings. The minimum atomic E-state index is 0.151. The summed E-state index contributed by atoms with van der Waals surface area (Å²) in [5.41, 5.74) is 18.6.